The van der Waals surface area contributed by atoms with Gasteiger partial charge in [-0.15, -0.1) is 0 Å². The minimum absolute atomic E-state index is 0.111. The Kier molecular flexibility index (Phi) is 6.75. The molecule has 29 heavy (non-hydrogen) atoms. The lowest BCUT2D eigenvalue weighted by Crippen LogP contribution is -2.49. The molecule has 0 aliphatic carbocycles. The zero-order chi connectivity index (χ0) is 20.8. The van der Waals surface area contributed by atoms with Gasteiger partial charge in [-0.1, -0.05) is 24.3 Å². The molecule has 2 amide bonds. The summed E-state index contributed by atoms with van der Waals surface area (Å²) in [6.45, 7) is 7.48. The maximum atomic E-state index is 12.5. The molecule has 0 unspecified atom stereocenters. The van der Waals surface area contributed by atoms with Crippen molar-refractivity contribution in [3.63, 3.8) is 0 Å². The smallest absolute Gasteiger partial charge is 0.232 e. The third-order valence-electron chi connectivity index (χ3n) is 5.51. The van der Waals surface area contributed by atoms with Gasteiger partial charge in [0, 0.05) is 38.4 Å². The number of anilines is 1. The van der Waals surface area contributed by atoms with Crippen LogP contribution >= 0.6 is 0 Å². The Bertz CT molecular complexity index is 856. The molecule has 1 saturated heterocycles. The second-order valence-corrected chi connectivity index (χ2v) is 7.39. The zero-order valence-electron chi connectivity index (χ0n) is 17.4. The van der Waals surface area contributed by atoms with E-state index in [1.807, 2.05) is 24.3 Å². The summed E-state index contributed by atoms with van der Waals surface area (Å²) in [5, 5.41) is 2.82. The predicted octanol–water partition coefficient (Wildman–Crippen LogP) is 2.67. The lowest BCUT2D eigenvalue weighted by molar-refractivity contribution is -0.136. The molecule has 0 radical (unpaired) electrons. The van der Waals surface area contributed by atoms with Crippen LogP contribution in [0, 0.1) is 13.8 Å². The molecule has 6 nitrogen and oxygen atoms in total. The molecule has 2 aromatic carbocycles. The van der Waals surface area contributed by atoms with Crippen molar-refractivity contribution in [3.8, 4) is 5.75 Å². The number of carbonyl (C=O) groups is 2. The second kappa shape index (κ2) is 9.45. The largest absolute Gasteiger partial charge is 0.497 e. The van der Waals surface area contributed by atoms with Crippen LogP contribution in [0.25, 0.3) is 0 Å². The van der Waals surface area contributed by atoms with E-state index in [1.165, 1.54) is 16.8 Å². The first kappa shape index (κ1) is 20.7. The van der Waals surface area contributed by atoms with Crippen LogP contribution in [0.15, 0.2) is 42.5 Å². The lowest BCUT2D eigenvalue weighted by atomic mass is 10.1. The van der Waals surface area contributed by atoms with Gasteiger partial charge in [-0.3, -0.25) is 9.59 Å². The van der Waals surface area contributed by atoms with Gasteiger partial charge in [0.25, 0.3) is 0 Å². The Labute approximate surface area is 172 Å². The average molecular weight is 396 g/mol. The topological polar surface area (TPSA) is 61.9 Å². The van der Waals surface area contributed by atoms with Gasteiger partial charge in [0.05, 0.1) is 7.11 Å². The van der Waals surface area contributed by atoms with Crippen LogP contribution in [0.1, 0.15) is 23.1 Å². The summed E-state index contributed by atoms with van der Waals surface area (Å²) in [5.41, 5.74) is 4.75. The highest BCUT2D eigenvalue weighted by Crippen LogP contribution is 2.24. The van der Waals surface area contributed by atoms with Gasteiger partial charge in [0.1, 0.15) is 12.2 Å². The second-order valence-electron chi connectivity index (χ2n) is 7.39. The summed E-state index contributed by atoms with van der Waals surface area (Å²) < 4.78 is 5.12. The molecule has 2 aromatic rings. The van der Waals surface area contributed by atoms with Crippen molar-refractivity contribution < 1.29 is 14.3 Å². The number of benzene rings is 2. The molecule has 6 heteroatoms. The number of hydrogen-bond donors (Lipinski definition) is 1. The number of hydrogen-bond acceptors (Lipinski definition) is 4. The Morgan fingerprint density at radius 3 is 2.34 bits per heavy atom. The van der Waals surface area contributed by atoms with Crippen molar-refractivity contribution in [2.24, 2.45) is 0 Å². The Morgan fingerprint density at radius 1 is 1.00 bits per heavy atom. The van der Waals surface area contributed by atoms with E-state index in [1.54, 1.807) is 12.0 Å². The normalized spacial score (nSPS) is 13.9. The van der Waals surface area contributed by atoms with Crippen LogP contribution in [-0.2, 0) is 16.1 Å². The number of ether oxygens (including phenoxy) is 1. The van der Waals surface area contributed by atoms with E-state index < -0.39 is 0 Å². The lowest BCUT2D eigenvalue weighted by Gasteiger charge is -2.37. The molecule has 0 bridgehead atoms. The zero-order valence-corrected chi connectivity index (χ0v) is 17.4. The number of carbonyl (C=O) groups excluding carboxylic acids is 2. The van der Waals surface area contributed by atoms with E-state index in [0.29, 0.717) is 19.6 Å². The highest BCUT2D eigenvalue weighted by atomic mass is 16.5. The Balaban J connectivity index is 1.45. The van der Waals surface area contributed by atoms with Gasteiger partial charge in [-0.2, -0.15) is 0 Å². The number of nitrogens with zero attached hydrogens (tertiary/aromatic N) is 2. The molecule has 0 spiro atoms. The van der Waals surface area contributed by atoms with Crippen LogP contribution in [0.3, 0.4) is 0 Å². The molecule has 1 heterocycles. The quantitative estimate of drug-likeness (QED) is 0.764. The number of piperazine rings is 1. The predicted molar refractivity (Wildman–Crippen MR) is 114 cm³/mol. The maximum Gasteiger partial charge on any atom is 0.232 e. The number of nitrogens with one attached hydrogen (secondary N) is 1. The summed E-state index contributed by atoms with van der Waals surface area (Å²) in [4.78, 5) is 28.8. The molecule has 3 rings (SSSR count). The van der Waals surface area contributed by atoms with Gasteiger partial charge >= 0.3 is 0 Å². The molecule has 154 valence electrons. The van der Waals surface area contributed by atoms with Crippen LogP contribution in [0.4, 0.5) is 5.69 Å². The first-order chi connectivity index (χ1) is 14.0. The molecule has 1 aliphatic heterocycles. The van der Waals surface area contributed by atoms with Crippen molar-refractivity contribution in [2.75, 3.05) is 38.2 Å². The van der Waals surface area contributed by atoms with Crippen molar-refractivity contribution in [2.45, 2.75) is 26.8 Å². The Hall–Kier alpha value is -3.02. The standard InChI is InChI=1S/C23H29N3O3/c1-17-5-4-6-21(18(17)2)25-11-13-26(14-12-25)23(28)15-22(27)24-16-19-7-9-20(29-3)10-8-19/h4-10H,11-16H2,1-3H3,(H,24,27). The average Bonchev–Trinajstić information content (AvgIpc) is 2.74. The fourth-order valence-corrected chi connectivity index (χ4v) is 3.53. The highest BCUT2D eigenvalue weighted by Gasteiger charge is 2.23. The SMILES string of the molecule is COc1ccc(CNC(=O)CC(=O)N2CCN(c3cccc(C)c3C)CC2)cc1. The molecular weight excluding hydrogens is 366 g/mol. The van der Waals surface area contributed by atoms with Gasteiger partial charge < -0.3 is 19.9 Å². The van der Waals surface area contributed by atoms with E-state index >= 15 is 0 Å². The van der Waals surface area contributed by atoms with E-state index in [-0.39, 0.29) is 18.2 Å². The van der Waals surface area contributed by atoms with Crippen LogP contribution in [0.5, 0.6) is 5.75 Å². The van der Waals surface area contributed by atoms with Crippen molar-refractivity contribution in [1.82, 2.24) is 10.2 Å². The third-order valence-corrected chi connectivity index (χ3v) is 5.51. The molecule has 1 N–H and O–H groups in total. The van der Waals surface area contributed by atoms with E-state index in [4.69, 9.17) is 4.74 Å². The summed E-state index contributed by atoms with van der Waals surface area (Å²) in [6, 6.07) is 13.8. The number of aryl methyl sites for hydroxylation is 1. The van der Waals surface area contributed by atoms with Gasteiger partial charge in [0.15, 0.2) is 0 Å². The number of rotatable bonds is 6. The molecule has 0 atom stereocenters. The summed E-state index contributed by atoms with van der Waals surface area (Å²) >= 11 is 0. The van der Waals surface area contributed by atoms with Gasteiger partial charge in [-0.05, 0) is 48.7 Å². The fourth-order valence-electron chi connectivity index (χ4n) is 3.53. The van der Waals surface area contributed by atoms with E-state index in [0.717, 1.165) is 24.4 Å². The highest BCUT2D eigenvalue weighted by molar-refractivity contribution is 5.97. The van der Waals surface area contributed by atoms with Crippen LogP contribution < -0.4 is 15.0 Å². The van der Waals surface area contributed by atoms with Crippen molar-refractivity contribution in [1.29, 1.82) is 0 Å². The molecule has 0 aromatic heterocycles. The maximum absolute atomic E-state index is 12.5. The first-order valence-corrected chi connectivity index (χ1v) is 9.96. The first-order valence-electron chi connectivity index (χ1n) is 9.96. The van der Waals surface area contributed by atoms with Gasteiger partial charge in [-0.25, -0.2) is 0 Å². The van der Waals surface area contributed by atoms with Crippen LogP contribution in [-0.4, -0.2) is 50.0 Å². The summed E-state index contributed by atoms with van der Waals surface area (Å²) in [5.74, 6) is 0.413. The molecule has 0 saturated carbocycles. The van der Waals surface area contributed by atoms with Crippen molar-refractivity contribution >= 4 is 17.5 Å². The minimum atomic E-state index is -0.247. The monoisotopic (exact) mass is 395 g/mol. The summed E-state index contributed by atoms with van der Waals surface area (Å²) in [6.07, 6.45) is -0.111. The molecule has 1 fully saturated rings. The van der Waals surface area contributed by atoms with Gasteiger partial charge in [0.2, 0.25) is 11.8 Å². The number of amides is 2. The molecule has 1 aliphatic rings. The van der Waals surface area contributed by atoms with E-state index in [2.05, 4.69) is 42.3 Å². The van der Waals surface area contributed by atoms with E-state index in [9.17, 15) is 9.59 Å². The number of methoxy groups -OCH3 is 1. The minimum Gasteiger partial charge on any atom is -0.497 e. The third kappa shape index (κ3) is 5.28. The van der Waals surface area contributed by atoms with Crippen molar-refractivity contribution in [3.05, 3.63) is 59.2 Å². The summed E-state index contributed by atoms with van der Waals surface area (Å²) in [7, 11) is 1.62. The Morgan fingerprint density at radius 2 is 1.69 bits per heavy atom. The fraction of sp³-hybridized carbons (Fsp3) is 0.391. The molecular formula is C23H29N3O3. The van der Waals surface area contributed by atoms with Crippen LogP contribution in [0.2, 0.25) is 0 Å².